The van der Waals surface area contributed by atoms with Crippen LogP contribution in [0.5, 0.6) is 0 Å². The molecule has 2 heterocycles. The highest BCUT2D eigenvalue weighted by Gasteiger charge is 2.30. The van der Waals surface area contributed by atoms with Gasteiger partial charge < -0.3 is 10.6 Å². The molecule has 0 bridgehead atoms. The fraction of sp³-hybridized carbons (Fsp3) is 0.412. The van der Waals surface area contributed by atoms with E-state index in [1.54, 1.807) is 10.7 Å². The van der Waals surface area contributed by atoms with Crippen molar-refractivity contribution in [1.29, 1.82) is 0 Å². The molecule has 6 heteroatoms. The van der Waals surface area contributed by atoms with Crippen molar-refractivity contribution in [3.05, 3.63) is 48.3 Å². The van der Waals surface area contributed by atoms with Gasteiger partial charge >= 0.3 is 0 Å². The zero-order chi connectivity index (χ0) is 15.5. The highest BCUT2D eigenvalue weighted by molar-refractivity contribution is 5.92. The molecule has 2 N–H and O–H groups in total. The number of halogens is 1. The number of hydrogen-bond donors (Lipinski definition) is 1. The molecular formula is C17H23ClN4O. The average molecular weight is 335 g/mol. The third kappa shape index (κ3) is 3.74. The smallest absolute Gasteiger partial charge is 0.274 e. The summed E-state index contributed by atoms with van der Waals surface area (Å²) < 4.78 is 1.73. The second-order valence-electron chi connectivity index (χ2n) is 6.00. The molecule has 124 valence electrons. The van der Waals surface area contributed by atoms with Crippen molar-refractivity contribution in [2.45, 2.75) is 25.8 Å². The van der Waals surface area contributed by atoms with E-state index >= 15 is 0 Å². The Labute approximate surface area is 142 Å². The number of piperidine rings is 1. The lowest BCUT2D eigenvalue weighted by molar-refractivity contribution is 0.0567. The molecule has 1 aliphatic heterocycles. The summed E-state index contributed by atoms with van der Waals surface area (Å²) in [6.45, 7) is 3.49. The van der Waals surface area contributed by atoms with Gasteiger partial charge in [-0.1, -0.05) is 25.1 Å². The van der Waals surface area contributed by atoms with Crippen molar-refractivity contribution in [2.75, 3.05) is 13.1 Å². The van der Waals surface area contributed by atoms with Crippen molar-refractivity contribution in [3.8, 4) is 5.69 Å². The normalized spacial score (nSPS) is 20.9. The van der Waals surface area contributed by atoms with E-state index in [9.17, 15) is 4.79 Å². The van der Waals surface area contributed by atoms with Gasteiger partial charge in [0.15, 0.2) is 5.69 Å². The summed E-state index contributed by atoms with van der Waals surface area (Å²) in [6.07, 6.45) is 3.83. The summed E-state index contributed by atoms with van der Waals surface area (Å²) in [5.41, 5.74) is 7.28. The topological polar surface area (TPSA) is 64.2 Å². The fourth-order valence-electron chi connectivity index (χ4n) is 3.05. The average Bonchev–Trinajstić information content (AvgIpc) is 3.05. The maximum atomic E-state index is 12.7. The molecule has 0 aliphatic carbocycles. The molecule has 1 amide bonds. The van der Waals surface area contributed by atoms with Crippen LogP contribution in [0.2, 0.25) is 0 Å². The van der Waals surface area contributed by atoms with E-state index in [-0.39, 0.29) is 24.4 Å². The van der Waals surface area contributed by atoms with Gasteiger partial charge in [0.1, 0.15) is 0 Å². The zero-order valence-electron chi connectivity index (χ0n) is 13.3. The van der Waals surface area contributed by atoms with Gasteiger partial charge in [0.05, 0.1) is 5.69 Å². The van der Waals surface area contributed by atoms with Crippen molar-refractivity contribution in [3.63, 3.8) is 0 Å². The molecular weight excluding hydrogens is 312 g/mol. The Kier molecular flexibility index (Phi) is 5.80. The molecule has 5 nitrogen and oxygen atoms in total. The van der Waals surface area contributed by atoms with Gasteiger partial charge in [-0.3, -0.25) is 4.79 Å². The zero-order valence-corrected chi connectivity index (χ0v) is 14.1. The first kappa shape index (κ1) is 17.5. The van der Waals surface area contributed by atoms with Crippen LogP contribution in [0.15, 0.2) is 42.6 Å². The summed E-state index contributed by atoms with van der Waals surface area (Å²) in [6, 6.07) is 11.7. The van der Waals surface area contributed by atoms with Crippen LogP contribution in [-0.4, -0.2) is 39.7 Å². The number of nitrogens with two attached hydrogens (primary N) is 1. The SMILES string of the molecule is CC1CCN(C(=O)c2ccn(-c3ccccc3)n2)C(CN)C1.Cl. The first-order valence-electron chi connectivity index (χ1n) is 7.81. The van der Waals surface area contributed by atoms with Crippen LogP contribution >= 0.6 is 12.4 Å². The Morgan fingerprint density at radius 1 is 1.30 bits per heavy atom. The number of rotatable bonds is 3. The lowest BCUT2D eigenvalue weighted by atomic mass is 9.92. The van der Waals surface area contributed by atoms with Gasteiger partial charge in [0, 0.05) is 25.3 Å². The Balaban J connectivity index is 0.00000192. The molecule has 2 unspecified atom stereocenters. The first-order chi connectivity index (χ1) is 10.7. The molecule has 1 aromatic carbocycles. The molecule has 1 saturated heterocycles. The fourth-order valence-corrected chi connectivity index (χ4v) is 3.05. The summed E-state index contributed by atoms with van der Waals surface area (Å²) in [5.74, 6) is 0.608. The number of likely N-dealkylation sites (tertiary alicyclic amines) is 1. The predicted molar refractivity (Wildman–Crippen MR) is 93.1 cm³/mol. The Bertz CT molecular complexity index is 643. The van der Waals surface area contributed by atoms with E-state index in [1.807, 2.05) is 41.4 Å². The molecule has 23 heavy (non-hydrogen) atoms. The highest BCUT2D eigenvalue weighted by atomic mass is 35.5. The monoisotopic (exact) mass is 334 g/mol. The van der Waals surface area contributed by atoms with Crippen LogP contribution < -0.4 is 5.73 Å². The van der Waals surface area contributed by atoms with E-state index in [0.29, 0.717) is 18.2 Å². The standard InChI is InChI=1S/C17H22N4O.ClH/c1-13-7-9-20(15(11-13)12-18)17(22)16-8-10-21(19-16)14-5-3-2-4-6-14;/h2-6,8,10,13,15H,7,9,11-12,18H2,1H3;1H. The molecule has 3 rings (SSSR count). The van der Waals surface area contributed by atoms with E-state index in [0.717, 1.165) is 25.1 Å². The number of nitrogens with zero attached hydrogens (tertiary/aromatic N) is 3. The molecule has 2 atom stereocenters. The van der Waals surface area contributed by atoms with Crippen LogP contribution in [0.1, 0.15) is 30.3 Å². The minimum atomic E-state index is -0.0166. The lowest BCUT2D eigenvalue weighted by Crippen LogP contribution is -2.49. The quantitative estimate of drug-likeness (QED) is 0.938. The lowest BCUT2D eigenvalue weighted by Gasteiger charge is -2.37. The summed E-state index contributed by atoms with van der Waals surface area (Å²) >= 11 is 0. The van der Waals surface area contributed by atoms with Crippen molar-refractivity contribution < 1.29 is 4.79 Å². The van der Waals surface area contributed by atoms with Gasteiger partial charge in [0.2, 0.25) is 0 Å². The maximum Gasteiger partial charge on any atom is 0.274 e. The number of carbonyl (C=O) groups is 1. The maximum absolute atomic E-state index is 12.7. The summed E-state index contributed by atoms with van der Waals surface area (Å²) in [5, 5.41) is 4.43. The molecule has 2 aromatic rings. The van der Waals surface area contributed by atoms with Gasteiger partial charge in [-0.25, -0.2) is 4.68 Å². The minimum absolute atomic E-state index is 0. The highest BCUT2D eigenvalue weighted by Crippen LogP contribution is 2.23. The Hall–Kier alpha value is -1.85. The van der Waals surface area contributed by atoms with Crippen LogP contribution in [0.3, 0.4) is 0 Å². The number of benzene rings is 1. The third-order valence-electron chi connectivity index (χ3n) is 4.34. The first-order valence-corrected chi connectivity index (χ1v) is 7.81. The number of amides is 1. The molecule has 0 saturated carbocycles. The van der Waals surface area contributed by atoms with Gasteiger partial charge in [-0.05, 0) is 37.0 Å². The van der Waals surface area contributed by atoms with E-state index < -0.39 is 0 Å². The van der Waals surface area contributed by atoms with Crippen LogP contribution in [0, 0.1) is 5.92 Å². The third-order valence-corrected chi connectivity index (χ3v) is 4.34. The van der Waals surface area contributed by atoms with Crippen LogP contribution in [-0.2, 0) is 0 Å². The van der Waals surface area contributed by atoms with E-state index in [4.69, 9.17) is 5.73 Å². The van der Waals surface area contributed by atoms with E-state index in [2.05, 4.69) is 12.0 Å². The molecule has 1 aliphatic rings. The van der Waals surface area contributed by atoms with Gasteiger partial charge in [-0.2, -0.15) is 5.10 Å². The second kappa shape index (κ2) is 7.62. The Morgan fingerprint density at radius 2 is 2.04 bits per heavy atom. The molecule has 0 radical (unpaired) electrons. The Morgan fingerprint density at radius 3 is 2.74 bits per heavy atom. The number of hydrogen-bond acceptors (Lipinski definition) is 3. The largest absolute Gasteiger partial charge is 0.333 e. The van der Waals surface area contributed by atoms with Crippen LogP contribution in [0.4, 0.5) is 0 Å². The number of aromatic nitrogens is 2. The van der Waals surface area contributed by atoms with Crippen molar-refractivity contribution >= 4 is 18.3 Å². The molecule has 0 spiro atoms. The predicted octanol–water partition coefficient (Wildman–Crippen LogP) is 2.49. The second-order valence-corrected chi connectivity index (χ2v) is 6.00. The number of carbonyl (C=O) groups excluding carboxylic acids is 1. The van der Waals surface area contributed by atoms with Crippen molar-refractivity contribution in [2.24, 2.45) is 11.7 Å². The molecule has 1 fully saturated rings. The van der Waals surface area contributed by atoms with Crippen molar-refractivity contribution in [1.82, 2.24) is 14.7 Å². The number of para-hydroxylation sites is 1. The van der Waals surface area contributed by atoms with Gasteiger partial charge in [-0.15, -0.1) is 12.4 Å². The summed E-state index contributed by atoms with van der Waals surface area (Å²) in [7, 11) is 0. The molecule has 1 aromatic heterocycles. The van der Waals surface area contributed by atoms with Gasteiger partial charge in [0.25, 0.3) is 5.91 Å². The van der Waals surface area contributed by atoms with Crippen LogP contribution in [0.25, 0.3) is 5.69 Å². The summed E-state index contributed by atoms with van der Waals surface area (Å²) in [4.78, 5) is 14.6. The van der Waals surface area contributed by atoms with E-state index in [1.165, 1.54) is 0 Å². The minimum Gasteiger partial charge on any atom is -0.333 e.